The molecule has 1 amide bonds. The van der Waals surface area contributed by atoms with E-state index in [1.165, 1.54) is 6.08 Å². The first-order valence-corrected chi connectivity index (χ1v) is 8.30. The molecule has 0 bridgehead atoms. The molecule has 1 aromatic carbocycles. The first-order valence-electron chi connectivity index (χ1n) is 7.35. The highest BCUT2D eigenvalue weighted by molar-refractivity contribution is 7.08. The molecular formula is C17H16N4O3S. The summed E-state index contributed by atoms with van der Waals surface area (Å²) < 4.78 is 10.5. The molecule has 2 N–H and O–H groups in total. The monoisotopic (exact) mass is 356 g/mol. The summed E-state index contributed by atoms with van der Waals surface area (Å²) in [6.07, 6.45) is 3.16. The zero-order chi connectivity index (χ0) is 17.6. The van der Waals surface area contributed by atoms with Crippen molar-refractivity contribution in [1.29, 1.82) is 0 Å². The van der Waals surface area contributed by atoms with Crippen LogP contribution in [0.2, 0.25) is 0 Å². The van der Waals surface area contributed by atoms with Gasteiger partial charge in [0.15, 0.2) is 5.82 Å². The van der Waals surface area contributed by atoms with Crippen LogP contribution in [0.3, 0.4) is 0 Å². The van der Waals surface area contributed by atoms with Gasteiger partial charge in [-0.15, -0.1) is 5.10 Å². The van der Waals surface area contributed by atoms with Crippen LogP contribution in [0.5, 0.6) is 11.5 Å². The molecule has 0 fully saturated rings. The third kappa shape index (κ3) is 4.04. The fourth-order valence-corrected chi connectivity index (χ4v) is 2.75. The number of carbonyl (C=O) groups is 1. The highest BCUT2D eigenvalue weighted by Crippen LogP contribution is 2.31. The van der Waals surface area contributed by atoms with Crippen molar-refractivity contribution in [3.05, 3.63) is 46.7 Å². The summed E-state index contributed by atoms with van der Waals surface area (Å²) in [6, 6.07) is 7.28. The smallest absolute Gasteiger partial charge is 0.250 e. The molecular weight excluding hydrogens is 340 g/mol. The lowest BCUT2D eigenvalue weighted by molar-refractivity contribution is -0.111. The van der Waals surface area contributed by atoms with Crippen LogP contribution in [0.15, 0.2) is 41.1 Å². The molecule has 128 valence electrons. The summed E-state index contributed by atoms with van der Waals surface area (Å²) in [6.45, 7) is 0. The molecule has 0 unspecified atom stereocenters. The Balaban J connectivity index is 1.73. The minimum atomic E-state index is -0.307. The van der Waals surface area contributed by atoms with E-state index >= 15 is 0 Å². The maximum Gasteiger partial charge on any atom is 0.250 e. The molecule has 8 heteroatoms. The predicted molar refractivity (Wildman–Crippen MR) is 96.9 cm³/mol. The van der Waals surface area contributed by atoms with Crippen molar-refractivity contribution < 1.29 is 14.3 Å². The Hall–Kier alpha value is -3.13. The number of ether oxygens (including phenoxy) is 2. The van der Waals surface area contributed by atoms with E-state index in [9.17, 15) is 4.79 Å². The summed E-state index contributed by atoms with van der Waals surface area (Å²) in [7, 11) is 3.15. The lowest BCUT2D eigenvalue weighted by Gasteiger charge is -2.07. The minimum Gasteiger partial charge on any atom is -0.497 e. The molecule has 0 aliphatic rings. The number of carbonyl (C=O) groups excluding carboxylic acids is 1. The number of anilines is 1. The second-order valence-corrected chi connectivity index (χ2v) is 5.73. The highest BCUT2D eigenvalue weighted by Gasteiger charge is 2.13. The molecule has 0 atom stereocenters. The van der Waals surface area contributed by atoms with Gasteiger partial charge in [0.05, 0.1) is 19.8 Å². The quantitative estimate of drug-likeness (QED) is 0.662. The van der Waals surface area contributed by atoms with Gasteiger partial charge in [-0.25, -0.2) is 0 Å². The van der Waals surface area contributed by atoms with Crippen LogP contribution < -0.4 is 14.8 Å². The molecule has 3 rings (SSSR count). The van der Waals surface area contributed by atoms with Gasteiger partial charge in [-0.1, -0.05) is 0 Å². The molecule has 0 saturated carbocycles. The van der Waals surface area contributed by atoms with E-state index in [1.807, 2.05) is 16.8 Å². The number of thiophene rings is 1. The van der Waals surface area contributed by atoms with E-state index in [0.29, 0.717) is 22.9 Å². The van der Waals surface area contributed by atoms with Crippen LogP contribution in [0.4, 0.5) is 5.95 Å². The van der Waals surface area contributed by atoms with Crippen LogP contribution in [0.25, 0.3) is 17.5 Å². The van der Waals surface area contributed by atoms with Gasteiger partial charge >= 0.3 is 0 Å². The maximum absolute atomic E-state index is 11.9. The van der Waals surface area contributed by atoms with Crippen LogP contribution in [0.1, 0.15) is 5.56 Å². The lowest BCUT2D eigenvalue weighted by Crippen LogP contribution is -2.09. The third-order valence-electron chi connectivity index (χ3n) is 3.35. The number of H-pyrrole nitrogens is 1. The third-order valence-corrected chi connectivity index (χ3v) is 4.06. The normalized spacial score (nSPS) is 10.8. The summed E-state index contributed by atoms with van der Waals surface area (Å²) in [4.78, 5) is 16.2. The summed E-state index contributed by atoms with van der Waals surface area (Å²) in [5, 5.41) is 13.3. The first kappa shape index (κ1) is 16.7. The Bertz CT molecular complexity index is 887. The van der Waals surface area contributed by atoms with E-state index in [-0.39, 0.29) is 11.9 Å². The number of aromatic amines is 1. The van der Waals surface area contributed by atoms with Crippen LogP contribution in [-0.4, -0.2) is 35.3 Å². The van der Waals surface area contributed by atoms with Gasteiger partial charge in [-0.3, -0.25) is 15.2 Å². The molecule has 2 heterocycles. The van der Waals surface area contributed by atoms with Crippen molar-refractivity contribution >= 4 is 29.3 Å². The summed E-state index contributed by atoms with van der Waals surface area (Å²) in [5.41, 5.74) is 1.68. The topological polar surface area (TPSA) is 89.1 Å². The molecule has 7 nitrogen and oxygen atoms in total. The van der Waals surface area contributed by atoms with Gasteiger partial charge in [0.1, 0.15) is 11.5 Å². The standard InChI is InChI=1S/C17H16N4O3S/c1-23-12-4-5-13(14(9-12)24-2)16-19-17(21-20-16)18-15(22)6-3-11-7-8-25-10-11/h3-10H,1-2H3,(H2,18,19,20,21,22)/b6-3+. The van der Waals surface area contributed by atoms with Gasteiger partial charge in [0.2, 0.25) is 5.95 Å². The van der Waals surface area contributed by atoms with Crippen molar-refractivity contribution in [1.82, 2.24) is 15.2 Å². The van der Waals surface area contributed by atoms with Gasteiger partial charge < -0.3 is 9.47 Å². The number of nitrogens with one attached hydrogen (secondary N) is 2. The Morgan fingerprint density at radius 2 is 2.16 bits per heavy atom. The molecule has 25 heavy (non-hydrogen) atoms. The summed E-state index contributed by atoms with van der Waals surface area (Å²) >= 11 is 1.57. The van der Waals surface area contributed by atoms with Crippen LogP contribution >= 0.6 is 11.3 Å². The van der Waals surface area contributed by atoms with Crippen molar-refractivity contribution in [3.8, 4) is 22.9 Å². The Morgan fingerprint density at radius 1 is 1.28 bits per heavy atom. The Morgan fingerprint density at radius 3 is 2.88 bits per heavy atom. The number of amides is 1. The van der Waals surface area contributed by atoms with E-state index < -0.39 is 0 Å². The van der Waals surface area contributed by atoms with Gasteiger partial charge in [0.25, 0.3) is 5.91 Å². The Labute approximate surface area is 148 Å². The average molecular weight is 356 g/mol. The highest BCUT2D eigenvalue weighted by atomic mass is 32.1. The molecule has 0 radical (unpaired) electrons. The molecule has 0 saturated heterocycles. The minimum absolute atomic E-state index is 0.188. The number of hydrogen-bond donors (Lipinski definition) is 2. The molecule has 2 aromatic heterocycles. The van der Waals surface area contributed by atoms with E-state index in [0.717, 1.165) is 5.56 Å². The van der Waals surface area contributed by atoms with Gasteiger partial charge in [-0.2, -0.15) is 16.3 Å². The number of benzene rings is 1. The first-order chi connectivity index (χ1) is 12.2. The fourth-order valence-electron chi connectivity index (χ4n) is 2.13. The van der Waals surface area contributed by atoms with Crippen molar-refractivity contribution in [2.75, 3.05) is 19.5 Å². The summed E-state index contributed by atoms with van der Waals surface area (Å²) in [5.74, 6) is 1.63. The van der Waals surface area contributed by atoms with Crippen LogP contribution in [-0.2, 0) is 4.79 Å². The van der Waals surface area contributed by atoms with Crippen molar-refractivity contribution in [2.24, 2.45) is 0 Å². The number of nitrogens with zero attached hydrogens (tertiary/aromatic N) is 2. The van der Waals surface area contributed by atoms with Crippen LogP contribution in [0, 0.1) is 0 Å². The molecule has 0 spiro atoms. The Kier molecular flexibility index (Phi) is 5.10. The second kappa shape index (κ2) is 7.63. The van der Waals surface area contributed by atoms with Gasteiger partial charge in [0, 0.05) is 12.1 Å². The fraction of sp³-hybridized carbons (Fsp3) is 0.118. The number of hydrogen-bond acceptors (Lipinski definition) is 6. The van der Waals surface area contributed by atoms with Crippen molar-refractivity contribution in [3.63, 3.8) is 0 Å². The van der Waals surface area contributed by atoms with E-state index in [1.54, 1.807) is 49.8 Å². The number of aromatic nitrogens is 3. The van der Waals surface area contributed by atoms with Crippen molar-refractivity contribution in [2.45, 2.75) is 0 Å². The largest absolute Gasteiger partial charge is 0.497 e. The average Bonchev–Trinajstić information content (AvgIpc) is 3.31. The maximum atomic E-state index is 11.9. The van der Waals surface area contributed by atoms with E-state index in [2.05, 4.69) is 20.5 Å². The number of rotatable bonds is 6. The zero-order valence-corrected chi connectivity index (χ0v) is 14.5. The number of methoxy groups -OCH3 is 2. The second-order valence-electron chi connectivity index (χ2n) is 4.95. The zero-order valence-electron chi connectivity index (χ0n) is 13.6. The van der Waals surface area contributed by atoms with E-state index in [4.69, 9.17) is 9.47 Å². The predicted octanol–water partition coefficient (Wildman–Crippen LogP) is 3.20. The SMILES string of the molecule is COc1ccc(-c2nc(NC(=O)/C=C/c3ccsc3)n[nH]2)c(OC)c1. The molecule has 3 aromatic rings. The lowest BCUT2D eigenvalue weighted by atomic mass is 10.2. The molecule has 0 aliphatic carbocycles. The van der Waals surface area contributed by atoms with Gasteiger partial charge in [-0.05, 0) is 40.6 Å². The molecule has 0 aliphatic heterocycles.